The van der Waals surface area contributed by atoms with Crippen LogP contribution in [0.2, 0.25) is 0 Å². The van der Waals surface area contributed by atoms with Gasteiger partial charge in [0, 0.05) is 13.6 Å². The van der Waals surface area contributed by atoms with Crippen LogP contribution < -0.4 is 0 Å². The Morgan fingerprint density at radius 1 is 1.47 bits per heavy atom. The van der Waals surface area contributed by atoms with E-state index in [0.29, 0.717) is 12.5 Å². The van der Waals surface area contributed by atoms with E-state index >= 15 is 0 Å². The van der Waals surface area contributed by atoms with Gasteiger partial charge in [-0.1, -0.05) is 13.8 Å². The average molecular weight is 214 g/mol. The molecule has 1 rings (SSSR count). The minimum absolute atomic E-state index is 0.110. The van der Waals surface area contributed by atoms with Gasteiger partial charge in [-0.3, -0.25) is 0 Å². The summed E-state index contributed by atoms with van der Waals surface area (Å²) in [5.74, 6) is -0.619. The number of carbonyl (C=O) groups is 2. The maximum absolute atomic E-state index is 11.8. The molecule has 86 valence electrons. The first-order valence-corrected chi connectivity index (χ1v) is 5.12. The van der Waals surface area contributed by atoms with Crippen LogP contribution >= 0.6 is 0 Å². The molecule has 1 aliphatic heterocycles. The fourth-order valence-electron chi connectivity index (χ4n) is 1.86. The molecule has 5 heteroatoms. The number of urea groups is 1. The van der Waals surface area contributed by atoms with Gasteiger partial charge in [-0.05, 0) is 12.8 Å². The van der Waals surface area contributed by atoms with Crippen LogP contribution in [0.3, 0.4) is 0 Å². The van der Waals surface area contributed by atoms with E-state index in [-0.39, 0.29) is 12.1 Å². The summed E-state index contributed by atoms with van der Waals surface area (Å²) in [7, 11) is 1.72. The van der Waals surface area contributed by atoms with Crippen molar-refractivity contribution in [2.75, 3.05) is 13.6 Å². The van der Waals surface area contributed by atoms with E-state index in [2.05, 4.69) is 0 Å². The van der Waals surface area contributed by atoms with Gasteiger partial charge >= 0.3 is 12.0 Å². The number of carboxylic acids is 1. The maximum Gasteiger partial charge on any atom is 0.326 e. The third-order valence-electron chi connectivity index (χ3n) is 3.02. The molecule has 0 spiro atoms. The van der Waals surface area contributed by atoms with E-state index in [9.17, 15) is 9.59 Å². The topological polar surface area (TPSA) is 60.9 Å². The number of aliphatic carboxylic acids is 1. The molecule has 0 aromatic carbocycles. The molecule has 1 heterocycles. The zero-order valence-electron chi connectivity index (χ0n) is 9.60. The van der Waals surface area contributed by atoms with Gasteiger partial charge in [-0.2, -0.15) is 0 Å². The van der Waals surface area contributed by atoms with E-state index in [4.69, 9.17) is 5.11 Å². The Kier molecular flexibility index (Phi) is 3.21. The number of nitrogens with zero attached hydrogens (tertiary/aromatic N) is 2. The predicted octanol–water partition coefficient (Wildman–Crippen LogP) is 0.852. The number of hydrogen-bond acceptors (Lipinski definition) is 2. The second kappa shape index (κ2) is 4.08. The SMILES string of the molecule is CC(C)C1CN(C(C)C(=O)O)C(=O)N1C. The Hall–Kier alpha value is -1.26. The summed E-state index contributed by atoms with van der Waals surface area (Å²) in [5.41, 5.74) is 0. The quantitative estimate of drug-likeness (QED) is 0.757. The van der Waals surface area contributed by atoms with E-state index in [1.807, 2.05) is 13.8 Å². The van der Waals surface area contributed by atoms with Crippen LogP contribution in [-0.2, 0) is 4.79 Å². The molecule has 0 aromatic heterocycles. The molecule has 1 fully saturated rings. The average Bonchev–Trinajstić information content (AvgIpc) is 2.43. The highest BCUT2D eigenvalue weighted by Crippen LogP contribution is 2.22. The molecule has 1 aliphatic rings. The molecule has 0 bridgehead atoms. The normalized spacial score (nSPS) is 23.8. The molecule has 5 nitrogen and oxygen atoms in total. The Morgan fingerprint density at radius 2 is 2.00 bits per heavy atom. The van der Waals surface area contributed by atoms with Gasteiger partial charge in [-0.25, -0.2) is 9.59 Å². The second-order valence-electron chi connectivity index (χ2n) is 4.37. The fourth-order valence-corrected chi connectivity index (χ4v) is 1.86. The maximum atomic E-state index is 11.8. The minimum atomic E-state index is -0.957. The number of hydrogen-bond donors (Lipinski definition) is 1. The Bertz CT molecular complexity index is 278. The van der Waals surface area contributed by atoms with Gasteiger partial charge in [0.15, 0.2) is 0 Å². The van der Waals surface area contributed by atoms with Crippen molar-refractivity contribution in [3.05, 3.63) is 0 Å². The lowest BCUT2D eigenvalue weighted by Crippen LogP contribution is -2.41. The Balaban J connectivity index is 2.80. The van der Waals surface area contributed by atoms with Crippen molar-refractivity contribution in [2.24, 2.45) is 5.92 Å². The van der Waals surface area contributed by atoms with Crippen LogP contribution in [0.4, 0.5) is 4.79 Å². The molecule has 1 saturated heterocycles. The van der Waals surface area contributed by atoms with Crippen LogP contribution in [0.15, 0.2) is 0 Å². The van der Waals surface area contributed by atoms with Crippen molar-refractivity contribution in [3.8, 4) is 0 Å². The van der Waals surface area contributed by atoms with Crippen LogP contribution in [0, 0.1) is 5.92 Å². The highest BCUT2D eigenvalue weighted by molar-refractivity contribution is 5.84. The monoisotopic (exact) mass is 214 g/mol. The number of carbonyl (C=O) groups excluding carboxylic acids is 1. The zero-order valence-corrected chi connectivity index (χ0v) is 9.60. The summed E-state index contributed by atoms with van der Waals surface area (Å²) in [5, 5.41) is 8.86. The van der Waals surface area contributed by atoms with E-state index in [1.165, 1.54) is 11.8 Å². The molecule has 2 atom stereocenters. The van der Waals surface area contributed by atoms with Crippen LogP contribution in [-0.4, -0.2) is 52.6 Å². The fraction of sp³-hybridized carbons (Fsp3) is 0.800. The molecule has 2 amide bonds. The summed E-state index contributed by atoms with van der Waals surface area (Å²) < 4.78 is 0. The van der Waals surface area contributed by atoms with E-state index in [0.717, 1.165) is 0 Å². The molecule has 1 N–H and O–H groups in total. The minimum Gasteiger partial charge on any atom is -0.480 e. The molecular weight excluding hydrogens is 196 g/mol. The number of carboxylic acid groups (broad SMARTS) is 1. The van der Waals surface area contributed by atoms with Gasteiger partial charge in [-0.15, -0.1) is 0 Å². The van der Waals surface area contributed by atoms with Crippen molar-refractivity contribution in [1.82, 2.24) is 9.80 Å². The first kappa shape index (κ1) is 11.8. The largest absolute Gasteiger partial charge is 0.480 e. The number of amides is 2. The first-order valence-electron chi connectivity index (χ1n) is 5.12. The predicted molar refractivity (Wildman–Crippen MR) is 55.6 cm³/mol. The van der Waals surface area contributed by atoms with Crippen LogP contribution in [0.25, 0.3) is 0 Å². The Morgan fingerprint density at radius 3 is 2.33 bits per heavy atom. The summed E-state index contributed by atoms with van der Waals surface area (Å²) in [6.07, 6.45) is 0. The lowest BCUT2D eigenvalue weighted by Gasteiger charge is -2.20. The van der Waals surface area contributed by atoms with Crippen molar-refractivity contribution in [1.29, 1.82) is 0 Å². The van der Waals surface area contributed by atoms with Crippen molar-refractivity contribution in [2.45, 2.75) is 32.9 Å². The standard InChI is InChI=1S/C10H18N2O3/c1-6(2)8-5-12(7(3)9(13)14)10(15)11(8)4/h6-8H,5H2,1-4H3,(H,13,14). The highest BCUT2D eigenvalue weighted by atomic mass is 16.4. The van der Waals surface area contributed by atoms with Gasteiger partial charge < -0.3 is 14.9 Å². The Labute approximate surface area is 89.7 Å². The van der Waals surface area contributed by atoms with Crippen molar-refractivity contribution in [3.63, 3.8) is 0 Å². The lowest BCUT2D eigenvalue weighted by atomic mass is 10.0. The first-order chi connectivity index (χ1) is 6.86. The van der Waals surface area contributed by atoms with Gasteiger partial charge in [0.2, 0.25) is 0 Å². The number of likely N-dealkylation sites (N-methyl/N-ethyl adjacent to an activating group) is 1. The summed E-state index contributed by atoms with van der Waals surface area (Å²) in [4.78, 5) is 25.6. The van der Waals surface area contributed by atoms with Crippen LogP contribution in [0.1, 0.15) is 20.8 Å². The smallest absolute Gasteiger partial charge is 0.326 e. The summed E-state index contributed by atoms with van der Waals surface area (Å²) >= 11 is 0. The molecule has 0 saturated carbocycles. The molecule has 0 radical (unpaired) electrons. The summed E-state index contributed by atoms with van der Waals surface area (Å²) in [6, 6.07) is -0.827. The lowest BCUT2D eigenvalue weighted by molar-refractivity contribution is -0.141. The molecule has 0 aromatic rings. The third-order valence-corrected chi connectivity index (χ3v) is 3.02. The number of rotatable bonds is 3. The van der Waals surface area contributed by atoms with Gasteiger partial charge in [0.1, 0.15) is 6.04 Å². The van der Waals surface area contributed by atoms with E-state index in [1.54, 1.807) is 11.9 Å². The van der Waals surface area contributed by atoms with Crippen LogP contribution in [0.5, 0.6) is 0 Å². The van der Waals surface area contributed by atoms with Gasteiger partial charge in [0.25, 0.3) is 0 Å². The summed E-state index contributed by atoms with van der Waals surface area (Å²) in [6.45, 7) is 6.10. The highest BCUT2D eigenvalue weighted by Gasteiger charge is 2.40. The van der Waals surface area contributed by atoms with Gasteiger partial charge in [0.05, 0.1) is 6.04 Å². The molecule has 15 heavy (non-hydrogen) atoms. The molecular formula is C10H18N2O3. The molecule has 0 aliphatic carbocycles. The zero-order chi connectivity index (χ0) is 11.7. The van der Waals surface area contributed by atoms with E-state index < -0.39 is 12.0 Å². The van der Waals surface area contributed by atoms with Crippen molar-refractivity contribution >= 4 is 12.0 Å². The third kappa shape index (κ3) is 2.06. The molecule has 2 unspecified atom stereocenters. The van der Waals surface area contributed by atoms with Crippen molar-refractivity contribution < 1.29 is 14.7 Å². The second-order valence-corrected chi connectivity index (χ2v) is 4.37.